The van der Waals surface area contributed by atoms with E-state index in [2.05, 4.69) is 5.32 Å². The zero-order valence-electron chi connectivity index (χ0n) is 12.8. The van der Waals surface area contributed by atoms with E-state index in [1.54, 1.807) is 31.2 Å². The van der Waals surface area contributed by atoms with Crippen LogP contribution in [0.2, 0.25) is 0 Å². The zero-order chi connectivity index (χ0) is 17.7. The van der Waals surface area contributed by atoms with E-state index in [1.807, 2.05) is 6.07 Å². The lowest BCUT2D eigenvalue weighted by molar-refractivity contribution is -0.122. The minimum atomic E-state index is -3.78. The van der Waals surface area contributed by atoms with Gasteiger partial charge in [-0.05, 0) is 43.3 Å². The number of nitrogens with zero attached hydrogens (tertiary/aromatic N) is 1. The number of hydrogen-bond donors (Lipinski definition) is 2. The molecule has 2 aromatic rings. The molecule has 0 saturated heterocycles. The molecule has 8 heteroatoms. The highest BCUT2D eigenvalue weighted by Crippen LogP contribution is 2.19. The first-order valence-electron chi connectivity index (χ1n) is 6.91. The van der Waals surface area contributed by atoms with E-state index in [0.29, 0.717) is 17.0 Å². The highest BCUT2D eigenvalue weighted by molar-refractivity contribution is 7.89. The van der Waals surface area contributed by atoms with Gasteiger partial charge in [-0.3, -0.25) is 4.79 Å². The molecule has 0 aliphatic carbocycles. The summed E-state index contributed by atoms with van der Waals surface area (Å²) < 4.78 is 27.9. The van der Waals surface area contributed by atoms with Gasteiger partial charge in [0.25, 0.3) is 5.91 Å². The van der Waals surface area contributed by atoms with Gasteiger partial charge in [-0.2, -0.15) is 5.26 Å². The van der Waals surface area contributed by atoms with Crippen LogP contribution in [0, 0.1) is 11.3 Å². The number of sulfonamides is 1. The van der Waals surface area contributed by atoms with Crippen LogP contribution in [0.15, 0.2) is 53.4 Å². The maximum atomic E-state index is 12.1. The van der Waals surface area contributed by atoms with Crippen molar-refractivity contribution < 1.29 is 17.9 Å². The fraction of sp³-hybridized carbons (Fsp3) is 0.125. The summed E-state index contributed by atoms with van der Waals surface area (Å²) in [5, 5.41) is 16.6. The number of amides is 1. The maximum absolute atomic E-state index is 12.1. The summed E-state index contributed by atoms with van der Waals surface area (Å²) in [6, 6.07) is 14.0. The minimum absolute atomic E-state index is 0.0484. The number of ether oxygens (including phenoxy) is 1. The Kier molecular flexibility index (Phi) is 5.18. The summed E-state index contributed by atoms with van der Waals surface area (Å²) in [6.07, 6.45) is -0.850. The predicted molar refractivity (Wildman–Crippen MR) is 87.7 cm³/mol. The van der Waals surface area contributed by atoms with Crippen LogP contribution in [0.1, 0.15) is 12.5 Å². The Morgan fingerprint density at radius 2 is 1.83 bits per heavy atom. The lowest BCUT2D eigenvalue weighted by Crippen LogP contribution is -2.30. The van der Waals surface area contributed by atoms with Gasteiger partial charge >= 0.3 is 0 Å². The van der Waals surface area contributed by atoms with E-state index in [-0.39, 0.29) is 4.90 Å². The lowest BCUT2D eigenvalue weighted by atomic mass is 10.2. The van der Waals surface area contributed by atoms with Crippen LogP contribution in [0.3, 0.4) is 0 Å². The predicted octanol–water partition coefficient (Wildman–Crippen LogP) is 1.61. The molecular formula is C16H15N3O4S. The van der Waals surface area contributed by atoms with Crippen molar-refractivity contribution in [2.24, 2.45) is 5.14 Å². The minimum Gasteiger partial charge on any atom is -0.480 e. The molecule has 0 aliphatic heterocycles. The van der Waals surface area contributed by atoms with Crippen LogP contribution in [-0.2, 0) is 14.8 Å². The van der Waals surface area contributed by atoms with Crippen molar-refractivity contribution in [2.45, 2.75) is 17.9 Å². The molecule has 2 rings (SSSR count). The molecule has 0 saturated carbocycles. The van der Waals surface area contributed by atoms with Crippen LogP contribution in [-0.4, -0.2) is 20.4 Å². The Morgan fingerprint density at radius 1 is 1.21 bits per heavy atom. The van der Waals surface area contributed by atoms with E-state index in [9.17, 15) is 13.2 Å². The number of benzene rings is 2. The molecule has 0 aliphatic rings. The molecule has 7 nitrogen and oxygen atoms in total. The topological polar surface area (TPSA) is 122 Å². The van der Waals surface area contributed by atoms with Crippen LogP contribution in [0.25, 0.3) is 0 Å². The molecule has 3 N–H and O–H groups in total. The molecule has 124 valence electrons. The first kappa shape index (κ1) is 17.5. The van der Waals surface area contributed by atoms with E-state index in [0.717, 1.165) is 0 Å². The quantitative estimate of drug-likeness (QED) is 0.852. The molecule has 0 heterocycles. The van der Waals surface area contributed by atoms with Crippen molar-refractivity contribution in [1.29, 1.82) is 5.26 Å². The van der Waals surface area contributed by atoms with Gasteiger partial charge < -0.3 is 10.1 Å². The number of nitrogens with two attached hydrogens (primary N) is 1. The summed E-state index contributed by atoms with van der Waals surface area (Å²) >= 11 is 0. The molecule has 0 bridgehead atoms. The summed E-state index contributed by atoms with van der Waals surface area (Å²) in [5.41, 5.74) is 0.728. The molecule has 0 aromatic heterocycles. The van der Waals surface area contributed by atoms with Crippen molar-refractivity contribution in [3.8, 4) is 11.8 Å². The molecule has 1 atom stereocenters. The van der Waals surface area contributed by atoms with Crippen molar-refractivity contribution in [1.82, 2.24) is 0 Å². The highest BCUT2D eigenvalue weighted by Gasteiger charge is 2.17. The summed E-state index contributed by atoms with van der Waals surface area (Å²) in [5.74, 6) is -0.127. The summed E-state index contributed by atoms with van der Waals surface area (Å²) in [7, 11) is -3.78. The van der Waals surface area contributed by atoms with Gasteiger partial charge in [0.05, 0.1) is 10.5 Å². The smallest absolute Gasteiger partial charge is 0.265 e. The molecule has 2 aromatic carbocycles. The second-order valence-electron chi connectivity index (χ2n) is 4.93. The van der Waals surface area contributed by atoms with Crippen LogP contribution in [0.4, 0.5) is 5.69 Å². The number of nitrogens with one attached hydrogen (secondary N) is 1. The SMILES string of the molecule is C[C@@H](Oc1ccccc1C#N)C(=O)Nc1ccc(S(N)(=O)=O)cc1. The molecule has 0 unspecified atom stereocenters. The number of primary sulfonamides is 1. The largest absolute Gasteiger partial charge is 0.480 e. The van der Waals surface area contributed by atoms with Gasteiger partial charge in [0.2, 0.25) is 10.0 Å². The van der Waals surface area contributed by atoms with Gasteiger partial charge in [-0.1, -0.05) is 12.1 Å². The Labute approximate surface area is 139 Å². The normalized spacial score (nSPS) is 12.0. The Bertz CT molecular complexity index is 886. The van der Waals surface area contributed by atoms with Gasteiger partial charge in [-0.25, -0.2) is 13.6 Å². The molecule has 0 spiro atoms. The number of carbonyl (C=O) groups is 1. The monoisotopic (exact) mass is 345 g/mol. The standard InChI is InChI=1S/C16H15N3O4S/c1-11(23-15-5-3-2-4-12(15)10-17)16(20)19-13-6-8-14(9-7-13)24(18,21)22/h2-9,11H,1H3,(H,19,20)(H2,18,21,22)/t11-/m1/s1. The third-order valence-corrected chi connectivity index (χ3v) is 4.06. The lowest BCUT2D eigenvalue weighted by Gasteiger charge is -2.15. The second kappa shape index (κ2) is 7.12. The van der Waals surface area contributed by atoms with Gasteiger partial charge in [0.1, 0.15) is 11.8 Å². The average molecular weight is 345 g/mol. The van der Waals surface area contributed by atoms with Gasteiger partial charge in [0.15, 0.2) is 6.10 Å². The van der Waals surface area contributed by atoms with Gasteiger partial charge in [0, 0.05) is 5.69 Å². The third-order valence-electron chi connectivity index (χ3n) is 3.13. The number of nitriles is 1. The van der Waals surface area contributed by atoms with Gasteiger partial charge in [-0.15, -0.1) is 0 Å². The Hall–Kier alpha value is -2.89. The van der Waals surface area contributed by atoms with Crippen molar-refractivity contribution in [2.75, 3.05) is 5.32 Å². The fourth-order valence-electron chi connectivity index (χ4n) is 1.88. The molecular weight excluding hydrogens is 330 g/mol. The first-order chi connectivity index (χ1) is 11.3. The van der Waals surface area contributed by atoms with E-state index < -0.39 is 22.0 Å². The number of carbonyl (C=O) groups excluding carboxylic acids is 1. The third kappa shape index (κ3) is 4.32. The average Bonchev–Trinajstić information content (AvgIpc) is 2.55. The van der Waals surface area contributed by atoms with E-state index >= 15 is 0 Å². The Balaban J connectivity index is 2.05. The first-order valence-corrected chi connectivity index (χ1v) is 8.45. The summed E-state index contributed by atoms with van der Waals surface area (Å²) in [6.45, 7) is 1.54. The number of hydrogen-bond acceptors (Lipinski definition) is 5. The highest BCUT2D eigenvalue weighted by atomic mass is 32.2. The molecule has 1 amide bonds. The van der Waals surface area contributed by atoms with E-state index in [4.69, 9.17) is 15.1 Å². The molecule has 24 heavy (non-hydrogen) atoms. The summed E-state index contributed by atoms with van der Waals surface area (Å²) in [4.78, 5) is 12.1. The molecule has 0 fully saturated rings. The molecule has 0 radical (unpaired) electrons. The number of para-hydroxylation sites is 1. The van der Waals surface area contributed by atoms with Crippen LogP contribution in [0.5, 0.6) is 5.75 Å². The van der Waals surface area contributed by atoms with Crippen LogP contribution < -0.4 is 15.2 Å². The number of anilines is 1. The maximum Gasteiger partial charge on any atom is 0.265 e. The van der Waals surface area contributed by atoms with Crippen LogP contribution >= 0.6 is 0 Å². The Morgan fingerprint density at radius 3 is 2.42 bits per heavy atom. The fourth-order valence-corrected chi connectivity index (χ4v) is 2.39. The van der Waals surface area contributed by atoms with Crippen molar-refractivity contribution >= 4 is 21.6 Å². The van der Waals surface area contributed by atoms with Crippen molar-refractivity contribution in [3.63, 3.8) is 0 Å². The van der Waals surface area contributed by atoms with E-state index in [1.165, 1.54) is 24.3 Å². The second-order valence-corrected chi connectivity index (χ2v) is 6.49. The number of rotatable bonds is 5. The van der Waals surface area contributed by atoms with Crippen molar-refractivity contribution in [3.05, 3.63) is 54.1 Å². The zero-order valence-corrected chi connectivity index (χ0v) is 13.6.